The highest BCUT2D eigenvalue weighted by Gasteiger charge is 2.27. The van der Waals surface area contributed by atoms with Gasteiger partial charge in [-0.1, -0.05) is 16.8 Å². The van der Waals surface area contributed by atoms with E-state index in [-0.39, 0.29) is 5.69 Å². The van der Waals surface area contributed by atoms with E-state index in [1.165, 1.54) is 4.68 Å². The van der Waals surface area contributed by atoms with Crippen molar-refractivity contribution in [3.63, 3.8) is 0 Å². The van der Waals surface area contributed by atoms with Gasteiger partial charge in [0.1, 0.15) is 17.4 Å². The molecule has 0 radical (unpaired) electrons. The number of hydrogen-bond donors (Lipinski definition) is 0. The first-order valence-electron chi connectivity index (χ1n) is 7.18. The maximum absolute atomic E-state index is 11.1. The summed E-state index contributed by atoms with van der Waals surface area (Å²) in [6.45, 7) is 5.04. The molecule has 1 aromatic carbocycles. The minimum atomic E-state index is -0.437. The molecule has 1 atom stereocenters. The number of aromatic nitrogens is 4. The van der Waals surface area contributed by atoms with Crippen LogP contribution in [0.25, 0.3) is 11.4 Å². The van der Waals surface area contributed by atoms with E-state index in [1.807, 2.05) is 0 Å². The van der Waals surface area contributed by atoms with E-state index in [0.717, 1.165) is 5.56 Å². The number of nitrogens with zero attached hydrogens (tertiary/aromatic N) is 5. The lowest BCUT2D eigenvalue weighted by atomic mass is 10.2. The molecule has 2 heterocycles. The van der Waals surface area contributed by atoms with Crippen LogP contribution in [0.1, 0.15) is 30.2 Å². The quantitative estimate of drug-likeness (QED) is 0.526. The van der Waals surface area contributed by atoms with Crippen LogP contribution in [0.5, 0.6) is 0 Å². The summed E-state index contributed by atoms with van der Waals surface area (Å²) >= 11 is 5.86. The van der Waals surface area contributed by atoms with Gasteiger partial charge < -0.3 is 4.52 Å². The zero-order valence-corrected chi connectivity index (χ0v) is 14.0. The van der Waals surface area contributed by atoms with Crippen molar-refractivity contribution in [2.24, 2.45) is 0 Å². The predicted octanol–water partition coefficient (Wildman–Crippen LogP) is 3.72. The maximum atomic E-state index is 11.1. The van der Waals surface area contributed by atoms with Gasteiger partial charge in [0, 0.05) is 10.6 Å². The molecule has 2 aromatic heterocycles. The van der Waals surface area contributed by atoms with Gasteiger partial charge in [0.25, 0.3) is 5.89 Å². The average molecular weight is 348 g/mol. The third-order valence-electron chi connectivity index (χ3n) is 3.74. The summed E-state index contributed by atoms with van der Waals surface area (Å²) in [5.74, 6) is 0.741. The third kappa shape index (κ3) is 2.76. The van der Waals surface area contributed by atoms with Gasteiger partial charge >= 0.3 is 5.69 Å². The largest absolute Gasteiger partial charge is 0.337 e. The second-order valence-electron chi connectivity index (χ2n) is 5.36. The zero-order valence-electron chi connectivity index (χ0n) is 13.2. The van der Waals surface area contributed by atoms with Crippen molar-refractivity contribution in [1.82, 2.24) is 19.9 Å². The van der Waals surface area contributed by atoms with Crippen LogP contribution in [0, 0.1) is 24.0 Å². The Hall–Kier alpha value is -2.74. The minimum absolute atomic E-state index is 0.000657. The second-order valence-corrected chi connectivity index (χ2v) is 5.80. The molecule has 0 aliphatic carbocycles. The van der Waals surface area contributed by atoms with E-state index in [0.29, 0.717) is 28.1 Å². The van der Waals surface area contributed by atoms with E-state index in [9.17, 15) is 10.1 Å². The van der Waals surface area contributed by atoms with Gasteiger partial charge in [0.15, 0.2) is 0 Å². The highest BCUT2D eigenvalue weighted by Crippen LogP contribution is 2.28. The Bertz CT molecular complexity index is 900. The Kier molecular flexibility index (Phi) is 4.06. The van der Waals surface area contributed by atoms with Gasteiger partial charge in [-0.3, -0.25) is 14.8 Å². The lowest BCUT2D eigenvalue weighted by Crippen LogP contribution is -2.11. The topological polar surface area (TPSA) is 99.9 Å². The molecular formula is C15H14ClN5O3. The lowest BCUT2D eigenvalue weighted by Gasteiger charge is -2.08. The average Bonchev–Trinajstić information content (AvgIpc) is 3.12. The summed E-state index contributed by atoms with van der Waals surface area (Å²) in [5.41, 5.74) is 1.55. The Morgan fingerprint density at radius 2 is 1.96 bits per heavy atom. The highest BCUT2D eigenvalue weighted by atomic mass is 35.5. The molecule has 0 aliphatic rings. The number of aryl methyl sites for hydroxylation is 1. The van der Waals surface area contributed by atoms with E-state index in [1.54, 1.807) is 45.0 Å². The summed E-state index contributed by atoms with van der Waals surface area (Å²) in [7, 11) is 0. The van der Waals surface area contributed by atoms with Gasteiger partial charge in [-0.2, -0.15) is 10.1 Å². The first-order chi connectivity index (χ1) is 11.4. The third-order valence-corrected chi connectivity index (χ3v) is 3.99. The molecule has 124 valence electrons. The Balaban J connectivity index is 1.94. The van der Waals surface area contributed by atoms with Crippen molar-refractivity contribution in [2.75, 3.05) is 0 Å². The molecule has 1 unspecified atom stereocenters. The fraction of sp³-hybridized carbons (Fsp3) is 0.267. The van der Waals surface area contributed by atoms with Crippen LogP contribution < -0.4 is 0 Å². The van der Waals surface area contributed by atoms with Crippen LogP contribution in [0.3, 0.4) is 0 Å². The SMILES string of the molecule is Cc1nn(C(C)c2nc(-c3ccc(Cl)cc3)no2)c(C)c1[N+](=O)[O-]. The molecule has 0 amide bonds. The molecule has 3 aromatic rings. The Labute approximate surface area is 142 Å². The van der Waals surface area contributed by atoms with Crippen molar-refractivity contribution in [3.8, 4) is 11.4 Å². The van der Waals surface area contributed by atoms with Gasteiger partial charge in [0.05, 0.1) is 4.92 Å². The Morgan fingerprint density at radius 1 is 1.29 bits per heavy atom. The molecule has 0 N–H and O–H groups in total. The zero-order chi connectivity index (χ0) is 17.4. The van der Waals surface area contributed by atoms with E-state index in [4.69, 9.17) is 16.1 Å². The highest BCUT2D eigenvalue weighted by molar-refractivity contribution is 6.30. The van der Waals surface area contributed by atoms with Crippen LogP contribution in [0.4, 0.5) is 5.69 Å². The number of rotatable bonds is 4. The maximum Gasteiger partial charge on any atom is 0.312 e. The molecule has 0 saturated carbocycles. The molecule has 0 spiro atoms. The van der Waals surface area contributed by atoms with E-state index >= 15 is 0 Å². The molecule has 9 heteroatoms. The summed E-state index contributed by atoms with van der Waals surface area (Å²) in [4.78, 5) is 15.0. The van der Waals surface area contributed by atoms with E-state index in [2.05, 4.69) is 15.2 Å². The molecule has 0 saturated heterocycles. The lowest BCUT2D eigenvalue weighted by molar-refractivity contribution is -0.386. The first-order valence-corrected chi connectivity index (χ1v) is 7.56. The molecule has 3 rings (SSSR count). The van der Waals surface area contributed by atoms with Crippen LogP contribution in [-0.2, 0) is 0 Å². The summed E-state index contributed by atoms with van der Waals surface area (Å²) < 4.78 is 6.83. The van der Waals surface area contributed by atoms with Crippen LogP contribution in [0.2, 0.25) is 5.02 Å². The molecule has 0 fully saturated rings. The molecule has 0 bridgehead atoms. The number of hydrogen-bond acceptors (Lipinski definition) is 6. The fourth-order valence-electron chi connectivity index (χ4n) is 2.52. The molecule has 24 heavy (non-hydrogen) atoms. The van der Waals surface area contributed by atoms with Gasteiger partial charge in [0.2, 0.25) is 5.82 Å². The first kappa shape index (κ1) is 16.1. The normalized spacial score (nSPS) is 12.3. The summed E-state index contributed by atoms with van der Waals surface area (Å²) in [5, 5.41) is 19.9. The minimum Gasteiger partial charge on any atom is -0.337 e. The fourth-order valence-corrected chi connectivity index (χ4v) is 2.65. The summed E-state index contributed by atoms with van der Waals surface area (Å²) in [6.07, 6.45) is 0. The standard InChI is InChI=1S/C15H14ClN5O3/c1-8-13(21(22)23)9(2)20(18-8)10(3)15-17-14(19-24-15)11-4-6-12(16)7-5-11/h4-7,10H,1-3H3. The van der Waals surface area contributed by atoms with Gasteiger partial charge in [-0.25, -0.2) is 0 Å². The smallest absolute Gasteiger partial charge is 0.312 e. The number of nitro groups is 1. The van der Waals surface area contributed by atoms with Crippen molar-refractivity contribution in [2.45, 2.75) is 26.8 Å². The molecular weight excluding hydrogens is 334 g/mol. The molecule has 8 nitrogen and oxygen atoms in total. The van der Waals surface area contributed by atoms with Crippen LogP contribution in [-0.4, -0.2) is 24.8 Å². The second kappa shape index (κ2) is 6.04. The number of halogens is 1. The van der Waals surface area contributed by atoms with E-state index < -0.39 is 11.0 Å². The summed E-state index contributed by atoms with van der Waals surface area (Å²) in [6, 6.07) is 6.62. The van der Waals surface area contributed by atoms with Gasteiger partial charge in [-0.15, -0.1) is 0 Å². The van der Waals surface area contributed by atoms with Crippen molar-refractivity contribution < 1.29 is 9.45 Å². The Morgan fingerprint density at radius 3 is 2.54 bits per heavy atom. The van der Waals surface area contributed by atoms with Crippen molar-refractivity contribution in [1.29, 1.82) is 0 Å². The van der Waals surface area contributed by atoms with Crippen molar-refractivity contribution in [3.05, 3.63) is 56.7 Å². The predicted molar refractivity (Wildman–Crippen MR) is 86.9 cm³/mol. The van der Waals surface area contributed by atoms with Gasteiger partial charge in [-0.05, 0) is 45.0 Å². The molecule has 0 aliphatic heterocycles. The van der Waals surface area contributed by atoms with Crippen LogP contribution in [0.15, 0.2) is 28.8 Å². The number of benzene rings is 1. The monoisotopic (exact) mass is 347 g/mol. The van der Waals surface area contributed by atoms with Crippen molar-refractivity contribution >= 4 is 17.3 Å². The van der Waals surface area contributed by atoms with Crippen LogP contribution >= 0.6 is 11.6 Å².